The van der Waals surface area contributed by atoms with Crippen LogP contribution in [0.25, 0.3) is 0 Å². The molecule has 3 rings (SSSR count). The third kappa shape index (κ3) is 2.93. The summed E-state index contributed by atoms with van der Waals surface area (Å²) in [6, 6.07) is 5.66. The minimum atomic E-state index is -1.15. The van der Waals surface area contributed by atoms with Gasteiger partial charge in [0.25, 0.3) is 5.91 Å². The second-order valence-corrected chi connectivity index (χ2v) is 5.92. The van der Waals surface area contributed by atoms with Gasteiger partial charge in [-0.1, -0.05) is 6.07 Å². The van der Waals surface area contributed by atoms with Crippen LogP contribution in [0, 0.1) is 0 Å². The highest BCUT2D eigenvalue weighted by molar-refractivity contribution is 7.10. The summed E-state index contributed by atoms with van der Waals surface area (Å²) in [4.78, 5) is 41.7. The van der Waals surface area contributed by atoms with Gasteiger partial charge in [-0.15, -0.1) is 11.3 Å². The molecule has 0 aliphatic carbocycles. The van der Waals surface area contributed by atoms with Gasteiger partial charge in [0.1, 0.15) is 11.7 Å². The van der Waals surface area contributed by atoms with Crippen molar-refractivity contribution < 1.29 is 19.5 Å². The van der Waals surface area contributed by atoms with E-state index in [0.29, 0.717) is 13.1 Å². The number of piperazine rings is 1. The lowest BCUT2D eigenvalue weighted by molar-refractivity contribution is -0.127. The lowest BCUT2D eigenvalue weighted by Crippen LogP contribution is -2.52. The van der Waals surface area contributed by atoms with Crippen LogP contribution in [0.5, 0.6) is 0 Å². The number of carbonyl (C=O) groups excluding carboxylic acids is 2. The molecule has 7 nitrogen and oxygen atoms in total. The van der Waals surface area contributed by atoms with E-state index in [4.69, 9.17) is 5.11 Å². The molecule has 2 amide bonds. The molecule has 8 heteroatoms. The zero-order valence-corrected chi connectivity index (χ0v) is 12.7. The first-order chi connectivity index (χ1) is 11.1. The molecule has 1 fully saturated rings. The minimum absolute atomic E-state index is 0.132. The molecule has 0 radical (unpaired) electrons. The number of hydrogen-bond donors (Lipinski definition) is 2. The zero-order valence-electron chi connectivity index (χ0n) is 11.9. The van der Waals surface area contributed by atoms with Gasteiger partial charge in [-0.05, 0) is 23.6 Å². The van der Waals surface area contributed by atoms with Crippen molar-refractivity contribution in [2.45, 2.75) is 6.04 Å². The number of rotatable bonds is 3. The normalized spacial score (nSPS) is 17.7. The maximum absolute atomic E-state index is 12.7. The summed E-state index contributed by atoms with van der Waals surface area (Å²) in [7, 11) is 0. The number of carbonyl (C=O) groups is 3. The second kappa shape index (κ2) is 6.17. The van der Waals surface area contributed by atoms with Gasteiger partial charge in [0.05, 0.1) is 5.56 Å². The molecule has 23 heavy (non-hydrogen) atoms. The Morgan fingerprint density at radius 1 is 1.35 bits per heavy atom. The van der Waals surface area contributed by atoms with Gasteiger partial charge in [-0.3, -0.25) is 9.59 Å². The fraction of sp³-hybridized carbons (Fsp3) is 0.200. The van der Waals surface area contributed by atoms with Gasteiger partial charge in [0.2, 0.25) is 5.91 Å². The van der Waals surface area contributed by atoms with E-state index in [-0.39, 0.29) is 23.1 Å². The first kappa shape index (κ1) is 15.2. The van der Waals surface area contributed by atoms with Crippen molar-refractivity contribution in [3.63, 3.8) is 0 Å². The Hall–Kier alpha value is -2.74. The predicted octanol–water partition coefficient (Wildman–Crippen LogP) is 1.15. The monoisotopic (exact) mass is 331 g/mol. The van der Waals surface area contributed by atoms with Gasteiger partial charge in [-0.2, -0.15) is 0 Å². The highest BCUT2D eigenvalue weighted by atomic mass is 32.1. The molecule has 0 bridgehead atoms. The topological polar surface area (TPSA) is 99.6 Å². The standard InChI is InChI=1S/C15H13N3O4S/c19-13-12(11-2-1-7-23-11)18(6-5-16-13)14(20)9-3-4-10(15(21)22)17-8-9/h1-4,7-8,12H,5-6H2,(H,16,19)(H,21,22). The molecule has 118 valence electrons. The lowest BCUT2D eigenvalue weighted by Gasteiger charge is -2.34. The van der Waals surface area contributed by atoms with E-state index in [2.05, 4.69) is 10.3 Å². The summed E-state index contributed by atoms with van der Waals surface area (Å²) < 4.78 is 0. The first-order valence-corrected chi connectivity index (χ1v) is 7.77. The summed E-state index contributed by atoms with van der Waals surface area (Å²) in [5.74, 6) is -1.72. The molecule has 1 aliphatic heterocycles. The number of aromatic carboxylic acids is 1. The van der Waals surface area contributed by atoms with Crippen molar-refractivity contribution in [3.8, 4) is 0 Å². The Bertz CT molecular complexity index is 743. The van der Waals surface area contributed by atoms with E-state index >= 15 is 0 Å². The number of carboxylic acid groups (broad SMARTS) is 1. The predicted molar refractivity (Wildman–Crippen MR) is 82.3 cm³/mol. The van der Waals surface area contributed by atoms with Gasteiger partial charge in [0, 0.05) is 24.2 Å². The molecule has 2 aromatic rings. The molecule has 0 saturated carbocycles. The van der Waals surface area contributed by atoms with Crippen molar-refractivity contribution in [2.24, 2.45) is 0 Å². The first-order valence-electron chi connectivity index (χ1n) is 6.89. The highest BCUT2D eigenvalue weighted by Crippen LogP contribution is 2.28. The minimum Gasteiger partial charge on any atom is -0.477 e. The van der Waals surface area contributed by atoms with Crippen LogP contribution >= 0.6 is 11.3 Å². The van der Waals surface area contributed by atoms with Crippen LogP contribution in [0.4, 0.5) is 0 Å². The molecule has 0 aromatic carbocycles. The van der Waals surface area contributed by atoms with Crippen molar-refractivity contribution in [2.75, 3.05) is 13.1 Å². The van der Waals surface area contributed by atoms with Crippen molar-refractivity contribution in [1.29, 1.82) is 0 Å². The third-order valence-corrected chi connectivity index (χ3v) is 4.44. The van der Waals surface area contributed by atoms with Gasteiger partial charge < -0.3 is 15.3 Å². The Morgan fingerprint density at radius 3 is 2.78 bits per heavy atom. The van der Waals surface area contributed by atoms with Crippen molar-refractivity contribution in [1.82, 2.24) is 15.2 Å². The summed E-state index contributed by atoms with van der Waals surface area (Å²) in [5.41, 5.74) is 0.124. The molecule has 1 aliphatic rings. The SMILES string of the molecule is O=C(O)c1ccc(C(=O)N2CCNC(=O)C2c2cccs2)cn1. The van der Waals surface area contributed by atoms with E-state index in [9.17, 15) is 14.4 Å². The zero-order chi connectivity index (χ0) is 16.4. The highest BCUT2D eigenvalue weighted by Gasteiger charge is 2.35. The molecule has 3 heterocycles. The number of pyridine rings is 1. The van der Waals surface area contributed by atoms with Crippen LogP contribution in [0.15, 0.2) is 35.8 Å². The molecular weight excluding hydrogens is 318 g/mol. The maximum atomic E-state index is 12.7. The van der Waals surface area contributed by atoms with E-state index < -0.39 is 12.0 Å². The Balaban J connectivity index is 1.89. The van der Waals surface area contributed by atoms with E-state index in [0.717, 1.165) is 4.88 Å². The van der Waals surface area contributed by atoms with Crippen LogP contribution in [0.3, 0.4) is 0 Å². The number of hydrogen-bond acceptors (Lipinski definition) is 5. The Kier molecular flexibility index (Phi) is 4.07. The van der Waals surface area contributed by atoms with E-state index in [1.807, 2.05) is 17.5 Å². The molecule has 2 aromatic heterocycles. The molecule has 1 saturated heterocycles. The third-order valence-electron chi connectivity index (χ3n) is 3.52. The second-order valence-electron chi connectivity index (χ2n) is 4.94. The number of nitrogens with one attached hydrogen (secondary N) is 1. The summed E-state index contributed by atoms with van der Waals surface area (Å²) >= 11 is 1.41. The summed E-state index contributed by atoms with van der Waals surface area (Å²) in [6.07, 6.45) is 1.23. The van der Waals surface area contributed by atoms with Gasteiger partial charge in [-0.25, -0.2) is 9.78 Å². The van der Waals surface area contributed by atoms with Gasteiger partial charge >= 0.3 is 5.97 Å². The molecule has 2 N–H and O–H groups in total. The fourth-order valence-electron chi connectivity index (χ4n) is 2.43. The largest absolute Gasteiger partial charge is 0.477 e. The number of thiophene rings is 1. The van der Waals surface area contributed by atoms with E-state index in [1.54, 1.807) is 0 Å². The molecular formula is C15H13N3O4S. The van der Waals surface area contributed by atoms with Crippen LogP contribution in [-0.2, 0) is 4.79 Å². The lowest BCUT2D eigenvalue weighted by atomic mass is 10.1. The molecule has 1 unspecified atom stereocenters. The van der Waals surface area contributed by atoms with Crippen molar-refractivity contribution in [3.05, 3.63) is 52.0 Å². The molecule has 0 spiro atoms. The van der Waals surface area contributed by atoms with Gasteiger partial charge in [0.15, 0.2) is 0 Å². The Labute approximate surface area is 135 Å². The van der Waals surface area contributed by atoms with Crippen LogP contribution in [0.2, 0.25) is 0 Å². The Morgan fingerprint density at radius 2 is 2.17 bits per heavy atom. The smallest absolute Gasteiger partial charge is 0.354 e. The number of carboxylic acids is 1. The number of nitrogens with zero attached hydrogens (tertiary/aromatic N) is 2. The average Bonchev–Trinajstić information content (AvgIpc) is 3.08. The van der Waals surface area contributed by atoms with Crippen LogP contribution < -0.4 is 5.32 Å². The van der Waals surface area contributed by atoms with E-state index in [1.165, 1.54) is 34.6 Å². The summed E-state index contributed by atoms with van der Waals surface area (Å²) in [5, 5.41) is 13.5. The van der Waals surface area contributed by atoms with Crippen LogP contribution in [0.1, 0.15) is 31.8 Å². The fourth-order valence-corrected chi connectivity index (χ4v) is 3.26. The van der Waals surface area contributed by atoms with Crippen LogP contribution in [-0.4, -0.2) is 45.9 Å². The molecule has 1 atom stereocenters. The quantitative estimate of drug-likeness (QED) is 0.879. The summed E-state index contributed by atoms with van der Waals surface area (Å²) in [6.45, 7) is 0.765. The maximum Gasteiger partial charge on any atom is 0.354 e. The number of aromatic nitrogens is 1. The average molecular weight is 331 g/mol. The van der Waals surface area contributed by atoms with Crippen molar-refractivity contribution >= 4 is 29.1 Å². The number of amides is 2.